The molecule has 188 valence electrons. The maximum atomic E-state index is 12.6. The van der Waals surface area contributed by atoms with Crippen molar-refractivity contribution in [3.05, 3.63) is 62.6 Å². The minimum atomic E-state index is -0.589. The van der Waals surface area contributed by atoms with Gasteiger partial charge in [-0.3, -0.25) is 10.1 Å². The first-order valence-electron chi connectivity index (χ1n) is 11.4. The third kappa shape index (κ3) is 7.20. The van der Waals surface area contributed by atoms with Crippen molar-refractivity contribution in [2.24, 2.45) is 0 Å². The predicted octanol–water partition coefficient (Wildman–Crippen LogP) is 5.77. The van der Waals surface area contributed by atoms with Crippen LogP contribution in [0, 0.1) is 25.2 Å². The molecule has 36 heavy (non-hydrogen) atoms. The second-order valence-electron chi connectivity index (χ2n) is 7.71. The highest BCUT2D eigenvalue weighted by molar-refractivity contribution is 7.15. The number of halogens is 1. The van der Waals surface area contributed by atoms with Gasteiger partial charge >= 0.3 is 0 Å². The number of carbonyl (C=O) groups excluding carboxylic acids is 1. The van der Waals surface area contributed by atoms with Crippen molar-refractivity contribution in [1.29, 1.82) is 5.26 Å². The van der Waals surface area contributed by atoms with Gasteiger partial charge in [-0.05, 0) is 62.6 Å². The zero-order chi connectivity index (χ0) is 26.1. The number of hydrogen-bond acceptors (Lipinski definition) is 8. The highest BCUT2D eigenvalue weighted by Crippen LogP contribution is 2.37. The SMILES string of the molecule is CCOc1cc(/C=C(/C#N)C(=O)Nc2nnc(CC)s2)cc(Cl)c1OCCOc1ccc(C)cc1C. The summed E-state index contributed by atoms with van der Waals surface area (Å²) in [4.78, 5) is 12.6. The van der Waals surface area contributed by atoms with Gasteiger partial charge in [0, 0.05) is 0 Å². The maximum absolute atomic E-state index is 12.6. The van der Waals surface area contributed by atoms with Crippen LogP contribution in [0.1, 0.15) is 35.5 Å². The second-order valence-corrected chi connectivity index (χ2v) is 9.18. The van der Waals surface area contributed by atoms with Gasteiger partial charge in [0.1, 0.15) is 35.6 Å². The van der Waals surface area contributed by atoms with Gasteiger partial charge in [0.15, 0.2) is 11.5 Å². The van der Waals surface area contributed by atoms with E-state index in [2.05, 4.69) is 21.6 Å². The molecule has 0 saturated heterocycles. The van der Waals surface area contributed by atoms with E-state index in [1.165, 1.54) is 23.0 Å². The van der Waals surface area contributed by atoms with E-state index in [0.717, 1.165) is 16.3 Å². The molecule has 1 amide bonds. The Hall–Kier alpha value is -3.61. The lowest BCUT2D eigenvalue weighted by molar-refractivity contribution is -0.112. The monoisotopic (exact) mass is 526 g/mol. The van der Waals surface area contributed by atoms with Crippen molar-refractivity contribution in [3.8, 4) is 23.3 Å². The van der Waals surface area contributed by atoms with Crippen LogP contribution < -0.4 is 19.5 Å². The Morgan fingerprint density at radius 1 is 1.11 bits per heavy atom. The molecule has 2 aromatic carbocycles. The molecule has 8 nitrogen and oxygen atoms in total. The maximum Gasteiger partial charge on any atom is 0.268 e. The fourth-order valence-corrected chi connectivity index (χ4v) is 4.21. The summed E-state index contributed by atoms with van der Waals surface area (Å²) in [7, 11) is 0. The van der Waals surface area contributed by atoms with Crippen molar-refractivity contribution in [2.75, 3.05) is 25.1 Å². The van der Waals surface area contributed by atoms with E-state index in [1.54, 1.807) is 12.1 Å². The Morgan fingerprint density at radius 3 is 2.56 bits per heavy atom. The summed E-state index contributed by atoms with van der Waals surface area (Å²) in [5, 5.41) is 21.4. The number of amides is 1. The topological polar surface area (TPSA) is 106 Å². The standard InChI is InChI=1S/C26H27ClN4O4S/c1-5-23-30-31-26(36-23)29-25(32)19(15-28)12-18-13-20(27)24(22(14-18)33-6-2)35-10-9-34-21-8-7-16(3)11-17(21)4/h7-8,11-14H,5-6,9-10H2,1-4H3,(H,29,31,32)/b19-12-. The quantitative estimate of drug-likeness (QED) is 0.192. The number of anilines is 1. The molecule has 10 heteroatoms. The molecule has 3 rings (SSSR count). The molecule has 1 heterocycles. The van der Waals surface area contributed by atoms with Crippen molar-refractivity contribution in [3.63, 3.8) is 0 Å². The number of aromatic nitrogens is 2. The van der Waals surface area contributed by atoms with Crippen molar-refractivity contribution in [2.45, 2.75) is 34.1 Å². The second kappa shape index (κ2) is 12.9. The highest BCUT2D eigenvalue weighted by atomic mass is 35.5. The molecule has 1 N–H and O–H groups in total. The third-order valence-electron chi connectivity index (χ3n) is 4.92. The van der Waals surface area contributed by atoms with Crippen LogP contribution in [0.15, 0.2) is 35.9 Å². The van der Waals surface area contributed by atoms with E-state index in [4.69, 9.17) is 25.8 Å². The minimum Gasteiger partial charge on any atom is -0.490 e. The number of nitriles is 1. The summed E-state index contributed by atoms with van der Waals surface area (Å²) in [5.74, 6) is 0.970. The Kier molecular flexibility index (Phi) is 9.68. The fourth-order valence-electron chi connectivity index (χ4n) is 3.26. The Balaban J connectivity index is 1.72. The number of rotatable bonds is 11. The Labute approximate surface area is 219 Å². The van der Waals surface area contributed by atoms with Crippen molar-refractivity contribution >= 4 is 40.1 Å². The molecule has 0 bridgehead atoms. The van der Waals surface area contributed by atoms with Crippen LogP contribution >= 0.6 is 22.9 Å². The van der Waals surface area contributed by atoms with E-state index >= 15 is 0 Å². The minimum absolute atomic E-state index is 0.114. The van der Waals surface area contributed by atoms with E-state index in [9.17, 15) is 10.1 Å². The van der Waals surface area contributed by atoms with Gasteiger partial charge < -0.3 is 14.2 Å². The van der Waals surface area contributed by atoms with Crippen molar-refractivity contribution in [1.82, 2.24) is 10.2 Å². The summed E-state index contributed by atoms with van der Waals surface area (Å²) < 4.78 is 17.4. The largest absolute Gasteiger partial charge is 0.490 e. The third-order valence-corrected chi connectivity index (χ3v) is 6.18. The van der Waals surface area contributed by atoms with E-state index < -0.39 is 5.91 Å². The highest BCUT2D eigenvalue weighted by Gasteiger charge is 2.16. The van der Waals surface area contributed by atoms with Gasteiger partial charge in [0.2, 0.25) is 5.13 Å². The lowest BCUT2D eigenvalue weighted by Crippen LogP contribution is -2.13. The van der Waals surface area contributed by atoms with Crippen LogP contribution in [0.2, 0.25) is 5.02 Å². The molecule has 3 aromatic rings. The van der Waals surface area contributed by atoms with Gasteiger partial charge in [-0.15, -0.1) is 10.2 Å². The number of aryl methyl sites for hydroxylation is 3. The normalized spacial score (nSPS) is 11.1. The smallest absolute Gasteiger partial charge is 0.268 e. The van der Waals surface area contributed by atoms with Gasteiger partial charge in [-0.25, -0.2) is 0 Å². The molecule has 0 aliphatic carbocycles. The lowest BCUT2D eigenvalue weighted by Gasteiger charge is -2.15. The molecule has 0 aliphatic rings. The molecular formula is C26H27ClN4O4S. The summed E-state index contributed by atoms with van der Waals surface area (Å²) in [6.07, 6.45) is 2.14. The van der Waals surface area contributed by atoms with Crippen LogP contribution in [0.4, 0.5) is 5.13 Å². The number of carbonyl (C=O) groups is 1. The van der Waals surface area contributed by atoms with Crippen LogP contribution in [0.3, 0.4) is 0 Å². The Morgan fingerprint density at radius 2 is 1.89 bits per heavy atom. The summed E-state index contributed by atoms with van der Waals surface area (Å²) in [5.41, 5.74) is 2.62. The molecule has 0 fully saturated rings. The number of ether oxygens (including phenoxy) is 3. The summed E-state index contributed by atoms with van der Waals surface area (Å²) in [6, 6.07) is 11.2. The van der Waals surface area contributed by atoms with Crippen LogP contribution in [0.25, 0.3) is 6.08 Å². The molecule has 0 atom stereocenters. The first-order chi connectivity index (χ1) is 17.3. The number of benzene rings is 2. The number of nitrogens with zero attached hydrogens (tertiary/aromatic N) is 3. The van der Waals surface area contributed by atoms with E-state index in [1.807, 2.05) is 45.9 Å². The average Bonchev–Trinajstić information content (AvgIpc) is 3.30. The van der Waals surface area contributed by atoms with Gasteiger partial charge in [0.25, 0.3) is 5.91 Å². The van der Waals surface area contributed by atoms with Gasteiger partial charge in [-0.1, -0.05) is 47.6 Å². The predicted molar refractivity (Wildman–Crippen MR) is 141 cm³/mol. The van der Waals surface area contributed by atoms with Crippen molar-refractivity contribution < 1.29 is 19.0 Å². The lowest BCUT2D eigenvalue weighted by atomic mass is 10.1. The molecule has 1 aromatic heterocycles. The average molecular weight is 527 g/mol. The van der Waals surface area contributed by atoms with E-state index in [-0.39, 0.29) is 17.2 Å². The number of hydrogen-bond donors (Lipinski definition) is 1. The van der Waals surface area contributed by atoms with Gasteiger partial charge in [-0.2, -0.15) is 5.26 Å². The van der Waals surface area contributed by atoms with Gasteiger partial charge in [0.05, 0.1) is 11.6 Å². The first kappa shape index (κ1) is 27.0. The molecule has 0 saturated carbocycles. The molecule has 0 spiro atoms. The van der Waals surface area contributed by atoms with Crippen LogP contribution in [-0.2, 0) is 11.2 Å². The van der Waals surface area contributed by atoms with E-state index in [0.29, 0.717) is 41.8 Å². The van der Waals surface area contributed by atoms with Crippen LogP contribution in [-0.4, -0.2) is 35.9 Å². The summed E-state index contributed by atoms with van der Waals surface area (Å²) in [6.45, 7) is 8.74. The number of nitrogens with one attached hydrogen (secondary N) is 1. The molecular weight excluding hydrogens is 500 g/mol. The summed E-state index contributed by atoms with van der Waals surface area (Å²) >= 11 is 7.75. The first-order valence-corrected chi connectivity index (χ1v) is 12.6. The Bertz CT molecular complexity index is 1300. The zero-order valence-corrected chi connectivity index (χ0v) is 22.1. The molecule has 0 unspecified atom stereocenters. The molecule has 0 radical (unpaired) electrons. The zero-order valence-electron chi connectivity index (χ0n) is 20.6. The fraction of sp³-hybridized carbons (Fsp3) is 0.308. The van der Waals surface area contributed by atoms with Crippen LogP contribution in [0.5, 0.6) is 17.2 Å². The molecule has 0 aliphatic heterocycles.